The summed E-state index contributed by atoms with van der Waals surface area (Å²) in [7, 11) is 1.77. The van der Waals surface area contributed by atoms with Crippen molar-refractivity contribution in [2.24, 2.45) is 0 Å². The summed E-state index contributed by atoms with van der Waals surface area (Å²) in [4.78, 5) is 14.0. The number of amides is 1. The minimum absolute atomic E-state index is 0.00641. The molecule has 1 unspecified atom stereocenters. The van der Waals surface area contributed by atoms with E-state index in [-0.39, 0.29) is 24.1 Å². The SMILES string of the molecule is CC(c1cccc(Cl)c1)N(C)C(=O)Cc1cccc(O)c1. The first-order chi connectivity index (χ1) is 9.97. The number of halogens is 1. The molecule has 1 atom stereocenters. The highest BCUT2D eigenvalue weighted by molar-refractivity contribution is 6.30. The maximum atomic E-state index is 12.3. The summed E-state index contributed by atoms with van der Waals surface area (Å²) in [5.74, 6) is 0.166. The molecule has 21 heavy (non-hydrogen) atoms. The molecule has 3 nitrogen and oxygen atoms in total. The van der Waals surface area contributed by atoms with Gasteiger partial charge in [-0.3, -0.25) is 4.79 Å². The second-order valence-electron chi connectivity index (χ2n) is 5.08. The summed E-state index contributed by atoms with van der Waals surface area (Å²) >= 11 is 5.99. The van der Waals surface area contributed by atoms with E-state index < -0.39 is 0 Å². The van der Waals surface area contributed by atoms with Crippen LogP contribution in [0.15, 0.2) is 48.5 Å². The van der Waals surface area contributed by atoms with Crippen LogP contribution in [0.1, 0.15) is 24.1 Å². The predicted molar refractivity (Wildman–Crippen MR) is 84.4 cm³/mol. The second kappa shape index (κ2) is 6.64. The van der Waals surface area contributed by atoms with Gasteiger partial charge < -0.3 is 10.0 Å². The maximum absolute atomic E-state index is 12.3. The number of carbonyl (C=O) groups is 1. The monoisotopic (exact) mass is 303 g/mol. The third-order valence-corrected chi connectivity index (χ3v) is 3.81. The molecular formula is C17H18ClNO2. The van der Waals surface area contributed by atoms with Gasteiger partial charge in [0, 0.05) is 12.1 Å². The molecule has 0 saturated heterocycles. The molecular weight excluding hydrogens is 286 g/mol. The lowest BCUT2D eigenvalue weighted by atomic mass is 10.1. The lowest BCUT2D eigenvalue weighted by Crippen LogP contribution is -2.30. The molecule has 0 aromatic heterocycles. The van der Waals surface area contributed by atoms with E-state index in [1.165, 1.54) is 0 Å². The molecule has 1 N–H and O–H groups in total. The first-order valence-corrected chi connectivity index (χ1v) is 7.14. The quantitative estimate of drug-likeness (QED) is 0.933. The Morgan fingerprint density at radius 1 is 1.24 bits per heavy atom. The van der Waals surface area contributed by atoms with Crippen LogP contribution < -0.4 is 0 Å². The van der Waals surface area contributed by atoms with E-state index in [0.717, 1.165) is 11.1 Å². The van der Waals surface area contributed by atoms with Crippen molar-refractivity contribution in [3.05, 3.63) is 64.7 Å². The molecule has 0 radical (unpaired) electrons. The average molecular weight is 304 g/mol. The number of benzene rings is 2. The van der Waals surface area contributed by atoms with E-state index in [4.69, 9.17) is 11.6 Å². The van der Waals surface area contributed by atoms with Crippen LogP contribution in [0.3, 0.4) is 0 Å². The summed E-state index contributed by atoms with van der Waals surface area (Å²) in [5.41, 5.74) is 1.79. The highest BCUT2D eigenvalue weighted by Gasteiger charge is 2.17. The molecule has 2 aromatic rings. The van der Waals surface area contributed by atoms with Crippen molar-refractivity contribution < 1.29 is 9.90 Å². The van der Waals surface area contributed by atoms with E-state index in [1.54, 1.807) is 30.1 Å². The summed E-state index contributed by atoms with van der Waals surface area (Å²) in [6.45, 7) is 1.96. The van der Waals surface area contributed by atoms with Gasteiger partial charge in [-0.1, -0.05) is 35.9 Å². The molecule has 0 aliphatic heterocycles. The Kier molecular flexibility index (Phi) is 4.86. The molecule has 0 aliphatic carbocycles. The normalized spacial score (nSPS) is 12.0. The van der Waals surface area contributed by atoms with E-state index in [1.807, 2.05) is 37.3 Å². The van der Waals surface area contributed by atoms with Crippen molar-refractivity contribution in [3.63, 3.8) is 0 Å². The summed E-state index contributed by atoms with van der Waals surface area (Å²) < 4.78 is 0. The standard InChI is InChI=1S/C17H18ClNO2/c1-12(14-6-4-7-15(18)11-14)19(2)17(21)10-13-5-3-8-16(20)9-13/h3-9,11-12,20H,10H2,1-2H3. The molecule has 110 valence electrons. The number of phenolic OH excluding ortho intramolecular Hbond substituents is 1. The van der Waals surface area contributed by atoms with Gasteiger partial charge in [0.15, 0.2) is 0 Å². The highest BCUT2D eigenvalue weighted by atomic mass is 35.5. The van der Waals surface area contributed by atoms with Crippen molar-refractivity contribution in [2.75, 3.05) is 7.05 Å². The van der Waals surface area contributed by atoms with Gasteiger partial charge in [-0.25, -0.2) is 0 Å². The first-order valence-electron chi connectivity index (χ1n) is 6.76. The molecule has 2 aromatic carbocycles. The molecule has 4 heteroatoms. The van der Waals surface area contributed by atoms with Gasteiger partial charge in [0.2, 0.25) is 5.91 Å². The van der Waals surface area contributed by atoms with E-state index in [9.17, 15) is 9.90 Å². The molecule has 0 heterocycles. The van der Waals surface area contributed by atoms with Gasteiger partial charge in [0.05, 0.1) is 12.5 Å². The van der Waals surface area contributed by atoms with Crippen LogP contribution in [0.4, 0.5) is 0 Å². The van der Waals surface area contributed by atoms with Crippen molar-refractivity contribution in [3.8, 4) is 5.75 Å². The lowest BCUT2D eigenvalue weighted by Gasteiger charge is -2.25. The van der Waals surface area contributed by atoms with E-state index in [0.29, 0.717) is 5.02 Å². The van der Waals surface area contributed by atoms with Crippen molar-refractivity contribution >= 4 is 17.5 Å². The summed E-state index contributed by atoms with van der Waals surface area (Å²) in [5, 5.41) is 10.1. The average Bonchev–Trinajstić information content (AvgIpc) is 2.45. The Labute approximate surface area is 129 Å². The fourth-order valence-electron chi connectivity index (χ4n) is 2.17. The predicted octanol–water partition coefficient (Wildman–Crippen LogP) is 3.81. The molecule has 0 bridgehead atoms. The molecule has 0 spiro atoms. The number of aromatic hydroxyl groups is 1. The van der Waals surface area contributed by atoms with Crippen molar-refractivity contribution in [1.82, 2.24) is 4.90 Å². The highest BCUT2D eigenvalue weighted by Crippen LogP contribution is 2.23. The smallest absolute Gasteiger partial charge is 0.227 e. The number of nitrogens with zero attached hydrogens (tertiary/aromatic N) is 1. The zero-order valence-electron chi connectivity index (χ0n) is 12.1. The largest absolute Gasteiger partial charge is 0.508 e. The lowest BCUT2D eigenvalue weighted by molar-refractivity contribution is -0.131. The first kappa shape index (κ1) is 15.4. The van der Waals surface area contributed by atoms with Gasteiger partial charge in [0.25, 0.3) is 0 Å². The Balaban J connectivity index is 2.08. The van der Waals surface area contributed by atoms with Crippen LogP contribution in [-0.2, 0) is 11.2 Å². The van der Waals surface area contributed by atoms with Crippen LogP contribution >= 0.6 is 11.6 Å². The molecule has 0 aliphatic rings. The Hall–Kier alpha value is -2.00. The van der Waals surface area contributed by atoms with Crippen LogP contribution in [0.25, 0.3) is 0 Å². The van der Waals surface area contributed by atoms with Gasteiger partial charge in [0.1, 0.15) is 5.75 Å². The summed E-state index contributed by atoms with van der Waals surface area (Å²) in [6, 6.07) is 14.2. The van der Waals surface area contributed by atoms with Crippen LogP contribution in [0.5, 0.6) is 5.75 Å². The maximum Gasteiger partial charge on any atom is 0.227 e. The van der Waals surface area contributed by atoms with E-state index >= 15 is 0 Å². The van der Waals surface area contributed by atoms with Crippen LogP contribution in [0.2, 0.25) is 5.02 Å². The molecule has 0 fully saturated rings. The van der Waals surface area contributed by atoms with Gasteiger partial charge in [-0.15, -0.1) is 0 Å². The fourth-order valence-corrected chi connectivity index (χ4v) is 2.37. The number of hydrogen-bond donors (Lipinski definition) is 1. The summed E-state index contributed by atoms with van der Waals surface area (Å²) in [6.07, 6.45) is 0.260. The van der Waals surface area contributed by atoms with E-state index in [2.05, 4.69) is 0 Å². The Morgan fingerprint density at radius 3 is 2.62 bits per heavy atom. The minimum Gasteiger partial charge on any atom is -0.508 e. The zero-order valence-corrected chi connectivity index (χ0v) is 12.8. The second-order valence-corrected chi connectivity index (χ2v) is 5.52. The van der Waals surface area contributed by atoms with Gasteiger partial charge in [-0.2, -0.15) is 0 Å². The topological polar surface area (TPSA) is 40.5 Å². The van der Waals surface area contributed by atoms with Crippen molar-refractivity contribution in [1.29, 1.82) is 0 Å². The van der Waals surface area contributed by atoms with Gasteiger partial charge in [-0.05, 0) is 42.3 Å². The fraction of sp³-hybridized carbons (Fsp3) is 0.235. The Bertz CT molecular complexity index is 642. The Morgan fingerprint density at radius 2 is 1.95 bits per heavy atom. The molecule has 2 rings (SSSR count). The van der Waals surface area contributed by atoms with Gasteiger partial charge >= 0.3 is 0 Å². The number of likely N-dealkylation sites (N-methyl/N-ethyl adjacent to an activating group) is 1. The third-order valence-electron chi connectivity index (χ3n) is 3.57. The zero-order chi connectivity index (χ0) is 15.4. The van der Waals surface area contributed by atoms with Crippen molar-refractivity contribution in [2.45, 2.75) is 19.4 Å². The minimum atomic E-state index is -0.0616. The van der Waals surface area contributed by atoms with Crippen LogP contribution in [-0.4, -0.2) is 23.0 Å². The van der Waals surface area contributed by atoms with Crippen LogP contribution in [0, 0.1) is 0 Å². The molecule has 0 saturated carbocycles. The number of carbonyl (C=O) groups excluding carboxylic acids is 1. The number of phenols is 1. The third kappa shape index (κ3) is 3.99. The number of rotatable bonds is 4. The molecule has 1 amide bonds. The number of hydrogen-bond acceptors (Lipinski definition) is 2.